The van der Waals surface area contributed by atoms with Crippen LogP contribution in [0.25, 0.3) is 11.3 Å². The predicted octanol–water partition coefficient (Wildman–Crippen LogP) is 5.50. The first-order valence-corrected chi connectivity index (χ1v) is 9.25. The molecule has 0 N–H and O–H groups in total. The summed E-state index contributed by atoms with van der Waals surface area (Å²) in [4.78, 5) is 17.3. The maximum Gasteiger partial charge on any atom is 0.183 e. The van der Waals surface area contributed by atoms with Crippen molar-refractivity contribution >= 4 is 51.8 Å². The standard InChI is InChI=1S/C15H10ClNOS3/c16-11-5-3-10(4-6-11)12-8-20-15(17-12)21-9-13(18)14-2-1-7-19-14/h1-8H,9H2. The minimum absolute atomic E-state index is 0.151. The van der Waals surface area contributed by atoms with Crippen molar-refractivity contribution in [3.63, 3.8) is 0 Å². The number of thiazole rings is 1. The number of nitrogens with zero attached hydrogens (tertiary/aromatic N) is 1. The Labute approximate surface area is 139 Å². The number of hydrogen-bond acceptors (Lipinski definition) is 5. The van der Waals surface area contributed by atoms with Gasteiger partial charge in [0.15, 0.2) is 10.1 Å². The molecule has 106 valence electrons. The van der Waals surface area contributed by atoms with Crippen LogP contribution in [0.3, 0.4) is 0 Å². The number of thioether (sulfide) groups is 1. The van der Waals surface area contributed by atoms with E-state index in [0.717, 1.165) is 20.5 Å². The molecule has 0 unspecified atom stereocenters. The van der Waals surface area contributed by atoms with Gasteiger partial charge in [-0.05, 0) is 23.6 Å². The lowest BCUT2D eigenvalue weighted by Gasteiger charge is -1.97. The molecule has 0 aliphatic rings. The van der Waals surface area contributed by atoms with E-state index in [1.165, 1.54) is 23.1 Å². The molecule has 21 heavy (non-hydrogen) atoms. The van der Waals surface area contributed by atoms with E-state index in [2.05, 4.69) is 4.98 Å². The van der Waals surface area contributed by atoms with Crippen LogP contribution in [0.15, 0.2) is 51.5 Å². The number of Topliss-reactive ketones (excluding diaryl/α,β-unsaturated/α-hetero) is 1. The third kappa shape index (κ3) is 3.74. The number of thiophene rings is 1. The molecule has 0 radical (unpaired) electrons. The van der Waals surface area contributed by atoms with E-state index in [-0.39, 0.29) is 5.78 Å². The molecule has 0 fully saturated rings. The smallest absolute Gasteiger partial charge is 0.183 e. The highest BCUT2D eigenvalue weighted by Gasteiger charge is 2.10. The lowest BCUT2D eigenvalue weighted by Crippen LogP contribution is -1.98. The van der Waals surface area contributed by atoms with Crippen LogP contribution in [0.2, 0.25) is 5.02 Å². The molecule has 0 saturated carbocycles. The fourth-order valence-corrected chi connectivity index (χ4v) is 4.31. The van der Waals surface area contributed by atoms with Gasteiger partial charge in [0.25, 0.3) is 0 Å². The summed E-state index contributed by atoms with van der Waals surface area (Å²) >= 11 is 10.4. The molecular weight excluding hydrogens is 342 g/mol. The van der Waals surface area contributed by atoms with Crippen LogP contribution in [0.4, 0.5) is 0 Å². The van der Waals surface area contributed by atoms with Gasteiger partial charge in [-0.2, -0.15) is 0 Å². The van der Waals surface area contributed by atoms with E-state index < -0.39 is 0 Å². The van der Waals surface area contributed by atoms with Gasteiger partial charge in [-0.1, -0.05) is 41.6 Å². The van der Waals surface area contributed by atoms with Crippen LogP contribution in [0.5, 0.6) is 0 Å². The minimum Gasteiger partial charge on any atom is -0.292 e. The molecule has 3 rings (SSSR count). The monoisotopic (exact) mass is 351 g/mol. The second-order valence-electron chi connectivity index (χ2n) is 4.19. The summed E-state index contributed by atoms with van der Waals surface area (Å²) in [5.41, 5.74) is 1.95. The number of halogens is 1. The number of aromatic nitrogens is 1. The molecule has 2 heterocycles. The summed E-state index contributed by atoms with van der Waals surface area (Å²) in [5.74, 6) is 0.576. The first-order valence-electron chi connectivity index (χ1n) is 6.13. The van der Waals surface area contributed by atoms with E-state index in [1.807, 2.05) is 47.2 Å². The largest absolute Gasteiger partial charge is 0.292 e. The normalized spacial score (nSPS) is 10.7. The first kappa shape index (κ1) is 14.8. The van der Waals surface area contributed by atoms with Gasteiger partial charge in [-0.25, -0.2) is 4.98 Å². The summed E-state index contributed by atoms with van der Waals surface area (Å²) in [6, 6.07) is 11.3. The fourth-order valence-electron chi connectivity index (χ4n) is 1.71. The molecule has 0 aliphatic heterocycles. The Balaban J connectivity index is 1.65. The number of ketones is 1. The summed E-state index contributed by atoms with van der Waals surface area (Å²) in [6.45, 7) is 0. The maximum absolute atomic E-state index is 11.9. The maximum atomic E-state index is 11.9. The molecule has 0 aliphatic carbocycles. The molecule has 1 aromatic carbocycles. The second-order valence-corrected chi connectivity index (χ2v) is 7.66. The number of rotatable bonds is 5. The van der Waals surface area contributed by atoms with Gasteiger partial charge in [-0.3, -0.25) is 4.79 Å². The average molecular weight is 352 g/mol. The van der Waals surface area contributed by atoms with E-state index in [9.17, 15) is 4.79 Å². The van der Waals surface area contributed by atoms with Crippen molar-refractivity contribution in [3.05, 3.63) is 57.1 Å². The fraction of sp³-hybridized carbons (Fsp3) is 0.0667. The lowest BCUT2D eigenvalue weighted by molar-refractivity contribution is 0.102. The second kappa shape index (κ2) is 6.75. The molecule has 2 nitrogen and oxygen atoms in total. The number of carbonyl (C=O) groups excluding carboxylic acids is 1. The van der Waals surface area contributed by atoms with E-state index in [4.69, 9.17) is 11.6 Å². The summed E-state index contributed by atoms with van der Waals surface area (Å²) in [5, 5.41) is 4.63. The third-order valence-electron chi connectivity index (χ3n) is 2.75. The van der Waals surface area contributed by atoms with Crippen LogP contribution < -0.4 is 0 Å². The SMILES string of the molecule is O=C(CSc1nc(-c2ccc(Cl)cc2)cs1)c1cccs1. The highest BCUT2D eigenvalue weighted by atomic mass is 35.5. The predicted molar refractivity (Wildman–Crippen MR) is 91.9 cm³/mol. The molecule has 2 aromatic heterocycles. The summed E-state index contributed by atoms with van der Waals surface area (Å²) in [7, 11) is 0. The zero-order chi connectivity index (χ0) is 14.7. The quantitative estimate of drug-likeness (QED) is 0.449. The molecule has 0 amide bonds. The highest BCUT2D eigenvalue weighted by molar-refractivity contribution is 8.01. The molecule has 0 saturated heterocycles. The molecule has 0 bridgehead atoms. The van der Waals surface area contributed by atoms with Crippen molar-refractivity contribution in [2.24, 2.45) is 0 Å². The van der Waals surface area contributed by atoms with Crippen molar-refractivity contribution in [3.8, 4) is 11.3 Å². The van der Waals surface area contributed by atoms with Crippen LogP contribution in [-0.2, 0) is 0 Å². The Morgan fingerprint density at radius 3 is 2.71 bits per heavy atom. The zero-order valence-electron chi connectivity index (χ0n) is 10.8. The zero-order valence-corrected chi connectivity index (χ0v) is 14.0. The third-order valence-corrected chi connectivity index (χ3v) is 5.93. The van der Waals surface area contributed by atoms with Gasteiger partial charge in [0.2, 0.25) is 0 Å². The van der Waals surface area contributed by atoms with Crippen molar-refractivity contribution < 1.29 is 4.79 Å². The van der Waals surface area contributed by atoms with Crippen LogP contribution >= 0.6 is 46.0 Å². The Bertz CT molecular complexity index is 735. The minimum atomic E-state index is 0.151. The van der Waals surface area contributed by atoms with Gasteiger partial charge < -0.3 is 0 Å². The Kier molecular flexibility index (Phi) is 4.75. The van der Waals surface area contributed by atoms with Gasteiger partial charge >= 0.3 is 0 Å². The molecular formula is C15H10ClNOS3. The van der Waals surface area contributed by atoms with E-state index in [1.54, 1.807) is 11.3 Å². The molecule has 6 heteroatoms. The van der Waals surface area contributed by atoms with Gasteiger partial charge in [0.1, 0.15) is 0 Å². The summed E-state index contributed by atoms with van der Waals surface area (Å²) in [6.07, 6.45) is 0. The molecule has 3 aromatic rings. The van der Waals surface area contributed by atoms with Crippen LogP contribution in [0, 0.1) is 0 Å². The Hall–Kier alpha value is -1.14. The van der Waals surface area contributed by atoms with Crippen LogP contribution in [0.1, 0.15) is 9.67 Å². The van der Waals surface area contributed by atoms with Crippen molar-refractivity contribution in [1.82, 2.24) is 4.98 Å². The van der Waals surface area contributed by atoms with Gasteiger partial charge in [-0.15, -0.1) is 22.7 Å². The number of benzene rings is 1. The summed E-state index contributed by atoms with van der Waals surface area (Å²) < 4.78 is 0.907. The van der Waals surface area contributed by atoms with Crippen molar-refractivity contribution in [2.75, 3.05) is 5.75 Å². The van der Waals surface area contributed by atoms with Crippen LogP contribution in [-0.4, -0.2) is 16.5 Å². The topological polar surface area (TPSA) is 30.0 Å². The lowest BCUT2D eigenvalue weighted by atomic mass is 10.2. The Morgan fingerprint density at radius 1 is 1.19 bits per heavy atom. The first-order chi connectivity index (χ1) is 10.2. The van der Waals surface area contributed by atoms with Gasteiger partial charge in [0.05, 0.1) is 16.3 Å². The van der Waals surface area contributed by atoms with Crippen molar-refractivity contribution in [2.45, 2.75) is 4.34 Å². The van der Waals surface area contributed by atoms with E-state index in [0.29, 0.717) is 10.8 Å². The van der Waals surface area contributed by atoms with Gasteiger partial charge in [0, 0.05) is 16.0 Å². The average Bonchev–Trinajstić information content (AvgIpc) is 3.17. The Morgan fingerprint density at radius 2 is 2.00 bits per heavy atom. The van der Waals surface area contributed by atoms with E-state index >= 15 is 0 Å². The van der Waals surface area contributed by atoms with Crippen molar-refractivity contribution in [1.29, 1.82) is 0 Å². The number of carbonyl (C=O) groups is 1. The molecule has 0 spiro atoms. The number of hydrogen-bond donors (Lipinski definition) is 0. The molecule has 0 atom stereocenters. The highest BCUT2D eigenvalue weighted by Crippen LogP contribution is 2.29.